The van der Waals surface area contributed by atoms with Crippen LogP contribution in [0.4, 0.5) is 13.2 Å². The summed E-state index contributed by atoms with van der Waals surface area (Å²) in [6.07, 6.45) is -6.26. The van der Waals surface area contributed by atoms with Gasteiger partial charge in [-0.1, -0.05) is 13.3 Å². The van der Waals surface area contributed by atoms with E-state index < -0.39 is 62.9 Å². The Kier molecular flexibility index (Phi) is 3.81. The first-order valence-corrected chi connectivity index (χ1v) is 9.49. The number of halogens is 3. The molecule has 0 aromatic carbocycles. The normalized spacial score (nSPS) is 40.1. The summed E-state index contributed by atoms with van der Waals surface area (Å²) in [6, 6.07) is 0. The van der Waals surface area contributed by atoms with Crippen molar-refractivity contribution >= 4 is 16.1 Å². The lowest BCUT2D eigenvalue weighted by Crippen LogP contribution is -2.54. The van der Waals surface area contributed by atoms with Crippen molar-refractivity contribution in [2.24, 2.45) is 17.3 Å². The van der Waals surface area contributed by atoms with Crippen LogP contribution in [0.15, 0.2) is 0 Å². The number of carbonyl (C=O) groups is 1. The van der Waals surface area contributed by atoms with Gasteiger partial charge in [0.1, 0.15) is 12.2 Å². The maximum atomic E-state index is 13.5. The number of alkyl halides is 3. The number of hydrogen-bond acceptors (Lipinski definition) is 5. The summed E-state index contributed by atoms with van der Waals surface area (Å²) in [5.74, 6) is -2.35. The molecule has 138 valence electrons. The molecule has 24 heavy (non-hydrogen) atoms. The highest BCUT2D eigenvalue weighted by atomic mass is 32.2. The molecule has 0 radical (unpaired) electrons. The van der Waals surface area contributed by atoms with Crippen LogP contribution in [0, 0.1) is 17.3 Å². The smallest absolute Gasteiger partial charge is 0.410 e. The zero-order valence-electron chi connectivity index (χ0n) is 13.7. The van der Waals surface area contributed by atoms with Gasteiger partial charge < -0.3 is 4.74 Å². The van der Waals surface area contributed by atoms with Crippen LogP contribution < -0.4 is 0 Å². The molecule has 0 spiro atoms. The monoisotopic (exact) mass is 370 g/mol. The van der Waals surface area contributed by atoms with E-state index in [9.17, 15) is 26.4 Å². The summed E-state index contributed by atoms with van der Waals surface area (Å²) in [5, 5.41) is 0. The molecule has 0 aromatic heterocycles. The maximum absolute atomic E-state index is 13.5. The minimum atomic E-state index is -4.89. The van der Waals surface area contributed by atoms with E-state index in [0.717, 1.165) is 6.42 Å². The summed E-state index contributed by atoms with van der Waals surface area (Å²) in [5.41, 5.74) is -0.769. The molecular formula is C15H21F3O5S. The largest absolute Gasteiger partial charge is 0.459 e. The van der Waals surface area contributed by atoms with Crippen LogP contribution in [-0.4, -0.2) is 37.5 Å². The van der Waals surface area contributed by atoms with Crippen molar-refractivity contribution < 1.29 is 35.3 Å². The van der Waals surface area contributed by atoms with Gasteiger partial charge in [0, 0.05) is 11.8 Å². The second kappa shape index (κ2) is 5.09. The SMILES string of the molecule is CCCC(C)(C)C(=O)OC1C2CC3C1OS(=O)(=O)C3(C(F)(F)F)C2. The van der Waals surface area contributed by atoms with Crippen LogP contribution in [0.1, 0.15) is 46.5 Å². The Labute approximate surface area is 139 Å². The highest BCUT2D eigenvalue weighted by Crippen LogP contribution is 2.66. The molecule has 1 saturated heterocycles. The van der Waals surface area contributed by atoms with Gasteiger partial charge in [0.15, 0.2) is 4.75 Å². The second-order valence-corrected chi connectivity index (χ2v) is 9.54. The lowest BCUT2D eigenvalue weighted by Gasteiger charge is -2.34. The predicted octanol–water partition coefficient (Wildman–Crippen LogP) is 2.79. The minimum Gasteiger partial charge on any atom is -0.459 e. The zero-order chi connectivity index (χ0) is 18.1. The predicted molar refractivity (Wildman–Crippen MR) is 77.4 cm³/mol. The fourth-order valence-corrected chi connectivity index (χ4v) is 6.58. The number of esters is 1. The molecule has 0 N–H and O–H groups in total. The van der Waals surface area contributed by atoms with E-state index in [1.807, 2.05) is 6.92 Å². The molecule has 5 atom stereocenters. The summed E-state index contributed by atoms with van der Waals surface area (Å²) in [6.45, 7) is 5.33. The lowest BCUT2D eigenvalue weighted by atomic mass is 9.83. The molecule has 3 fully saturated rings. The van der Waals surface area contributed by atoms with Crippen molar-refractivity contribution in [2.75, 3.05) is 0 Å². The van der Waals surface area contributed by atoms with Crippen LogP contribution in [0.5, 0.6) is 0 Å². The van der Waals surface area contributed by atoms with Gasteiger partial charge in [-0.05, 0) is 33.1 Å². The topological polar surface area (TPSA) is 69.7 Å². The molecule has 3 rings (SSSR count). The quantitative estimate of drug-likeness (QED) is 0.562. The molecule has 0 amide bonds. The fraction of sp³-hybridized carbons (Fsp3) is 0.933. The molecule has 5 unspecified atom stereocenters. The Bertz CT molecular complexity index is 657. The third-order valence-corrected chi connectivity index (χ3v) is 7.81. The van der Waals surface area contributed by atoms with Gasteiger partial charge >= 0.3 is 12.1 Å². The summed E-state index contributed by atoms with van der Waals surface area (Å²) in [7, 11) is -4.78. The van der Waals surface area contributed by atoms with Crippen molar-refractivity contribution in [1.82, 2.24) is 0 Å². The van der Waals surface area contributed by atoms with Crippen LogP contribution in [-0.2, 0) is 23.8 Å². The van der Waals surface area contributed by atoms with E-state index in [4.69, 9.17) is 8.92 Å². The maximum Gasteiger partial charge on any atom is 0.410 e. The van der Waals surface area contributed by atoms with E-state index in [1.165, 1.54) is 0 Å². The van der Waals surface area contributed by atoms with Crippen molar-refractivity contribution in [1.29, 1.82) is 0 Å². The average molecular weight is 370 g/mol. The van der Waals surface area contributed by atoms with Gasteiger partial charge in [0.25, 0.3) is 10.1 Å². The third-order valence-electron chi connectivity index (χ3n) is 5.74. The van der Waals surface area contributed by atoms with Crippen molar-refractivity contribution in [3.63, 3.8) is 0 Å². The molecule has 3 aliphatic rings. The van der Waals surface area contributed by atoms with Crippen LogP contribution in [0.25, 0.3) is 0 Å². The number of hydrogen-bond donors (Lipinski definition) is 0. The van der Waals surface area contributed by atoms with Gasteiger partial charge in [-0.3, -0.25) is 8.98 Å². The van der Waals surface area contributed by atoms with Gasteiger partial charge in [-0.15, -0.1) is 0 Å². The Morgan fingerprint density at radius 3 is 2.50 bits per heavy atom. The Morgan fingerprint density at radius 1 is 1.33 bits per heavy atom. The van der Waals surface area contributed by atoms with Crippen LogP contribution >= 0.6 is 0 Å². The number of ether oxygens (including phenoxy) is 1. The first-order valence-electron chi connectivity index (χ1n) is 8.08. The molecule has 2 bridgehead atoms. The number of rotatable bonds is 4. The first kappa shape index (κ1) is 18.0. The van der Waals surface area contributed by atoms with Gasteiger partial charge in [0.05, 0.1) is 5.41 Å². The number of fused-ring (bicyclic) bond motifs is 1. The molecular weight excluding hydrogens is 349 g/mol. The van der Waals surface area contributed by atoms with Crippen molar-refractivity contribution in [3.05, 3.63) is 0 Å². The van der Waals surface area contributed by atoms with Crippen molar-refractivity contribution in [2.45, 2.75) is 69.6 Å². The summed E-state index contributed by atoms with van der Waals surface area (Å²) >= 11 is 0. The van der Waals surface area contributed by atoms with Crippen LogP contribution in [0.3, 0.4) is 0 Å². The Balaban J connectivity index is 1.86. The molecule has 1 aliphatic heterocycles. The Morgan fingerprint density at radius 2 is 1.96 bits per heavy atom. The fourth-order valence-electron chi connectivity index (χ4n) is 4.57. The van der Waals surface area contributed by atoms with E-state index in [0.29, 0.717) is 6.42 Å². The summed E-state index contributed by atoms with van der Waals surface area (Å²) < 4.78 is 72.1. The first-order chi connectivity index (χ1) is 10.9. The highest BCUT2D eigenvalue weighted by molar-refractivity contribution is 7.88. The second-order valence-electron chi connectivity index (χ2n) is 7.71. The number of carbonyl (C=O) groups excluding carboxylic acids is 1. The van der Waals surface area contributed by atoms with Crippen LogP contribution in [0.2, 0.25) is 0 Å². The standard InChI is InChI=1S/C15H21F3O5S/c1-4-5-13(2,3)12(19)22-10-8-6-9-11(10)23-24(20,21)14(9,7-8)15(16,17)18/h8-11H,4-7H2,1-3H3. The molecule has 9 heteroatoms. The van der Waals surface area contributed by atoms with Gasteiger partial charge in [0.2, 0.25) is 0 Å². The minimum absolute atomic E-state index is 0.0512. The molecule has 2 aliphatic carbocycles. The lowest BCUT2D eigenvalue weighted by molar-refractivity contribution is -0.184. The third kappa shape index (κ3) is 2.16. The van der Waals surface area contributed by atoms with E-state index in [2.05, 4.69) is 0 Å². The average Bonchev–Trinajstić information content (AvgIpc) is 2.99. The van der Waals surface area contributed by atoms with E-state index in [1.54, 1.807) is 13.8 Å². The molecule has 0 aromatic rings. The molecule has 5 nitrogen and oxygen atoms in total. The van der Waals surface area contributed by atoms with Gasteiger partial charge in [-0.25, -0.2) is 0 Å². The molecule has 2 saturated carbocycles. The van der Waals surface area contributed by atoms with Crippen molar-refractivity contribution in [3.8, 4) is 0 Å². The highest BCUT2D eigenvalue weighted by Gasteiger charge is 2.82. The Hall–Kier alpha value is -0.830. The summed E-state index contributed by atoms with van der Waals surface area (Å²) in [4.78, 5) is 12.4. The zero-order valence-corrected chi connectivity index (χ0v) is 14.5. The van der Waals surface area contributed by atoms with E-state index in [-0.39, 0.29) is 6.42 Å². The van der Waals surface area contributed by atoms with E-state index >= 15 is 0 Å². The van der Waals surface area contributed by atoms with Gasteiger partial charge in [-0.2, -0.15) is 21.6 Å². The molecule has 1 heterocycles.